The molecular formula is C21H23BrN4O2. The third kappa shape index (κ3) is 3.77. The number of fused-ring (bicyclic) bond motifs is 1. The maximum atomic E-state index is 12.6. The molecule has 0 saturated carbocycles. The van der Waals surface area contributed by atoms with Crippen molar-refractivity contribution in [1.29, 1.82) is 0 Å². The second-order valence-corrected chi connectivity index (χ2v) is 8.17. The molecule has 1 fully saturated rings. The standard InChI is InChI=1S/C21H23BrN4O2/c1-14(20(27)23-16-8-6-15(22)7-9-16)25-12-10-17(11-13-25)26-19-5-3-2-4-18(19)24-21(26)28/h2-9,14,17H,10-13H2,1H3,(H,23,27)(H,24,28). The number of H-pyrrole nitrogens is 1. The number of nitrogens with one attached hydrogen (secondary N) is 2. The Hall–Kier alpha value is -2.38. The maximum absolute atomic E-state index is 12.6. The third-order valence-electron chi connectivity index (χ3n) is 5.53. The molecule has 1 saturated heterocycles. The Morgan fingerprint density at radius 2 is 1.82 bits per heavy atom. The fraction of sp³-hybridized carbons (Fsp3) is 0.333. The van der Waals surface area contributed by atoms with Gasteiger partial charge in [-0.1, -0.05) is 28.1 Å². The fourth-order valence-electron chi connectivity index (χ4n) is 3.91. The van der Waals surface area contributed by atoms with Crippen molar-refractivity contribution in [2.24, 2.45) is 0 Å². The number of carbonyl (C=O) groups excluding carboxylic acids is 1. The Balaban J connectivity index is 1.40. The molecule has 0 spiro atoms. The van der Waals surface area contributed by atoms with Crippen molar-refractivity contribution in [3.63, 3.8) is 0 Å². The van der Waals surface area contributed by atoms with E-state index in [1.54, 1.807) is 0 Å². The van der Waals surface area contributed by atoms with Gasteiger partial charge in [-0.25, -0.2) is 4.79 Å². The average molecular weight is 443 g/mol. The van der Waals surface area contributed by atoms with E-state index in [9.17, 15) is 9.59 Å². The van der Waals surface area contributed by atoms with Crippen LogP contribution < -0.4 is 11.0 Å². The first-order valence-corrected chi connectivity index (χ1v) is 10.3. The van der Waals surface area contributed by atoms with Crippen LogP contribution in [0.2, 0.25) is 0 Å². The Labute approximate surface area is 171 Å². The predicted molar refractivity (Wildman–Crippen MR) is 115 cm³/mol. The van der Waals surface area contributed by atoms with E-state index in [0.717, 1.165) is 47.1 Å². The number of likely N-dealkylation sites (tertiary alicyclic amines) is 1. The minimum absolute atomic E-state index is 0.00923. The van der Waals surface area contributed by atoms with Crippen molar-refractivity contribution >= 4 is 38.6 Å². The highest BCUT2D eigenvalue weighted by molar-refractivity contribution is 9.10. The summed E-state index contributed by atoms with van der Waals surface area (Å²) in [5.41, 5.74) is 2.56. The number of hydrogen-bond acceptors (Lipinski definition) is 3. The molecule has 2 aromatic carbocycles. The lowest BCUT2D eigenvalue weighted by atomic mass is 10.0. The van der Waals surface area contributed by atoms with E-state index in [2.05, 4.69) is 31.1 Å². The number of aromatic nitrogens is 2. The van der Waals surface area contributed by atoms with Crippen molar-refractivity contribution in [3.8, 4) is 0 Å². The summed E-state index contributed by atoms with van der Waals surface area (Å²) in [5.74, 6) is -0.00923. The molecule has 28 heavy (non-hydrogen) atoms. The van der Waals surface area contributed by atoms with Crippen molar-refractivity contribution in [2.75, 3.05) is 18.4 Å². The van der Waals surface area contributed by atoms with Crippen molar-refractivity contribution in [3.05, 3.63) is 63.5 Å². The molecule has 3 aromatic rings. The highest BCUT2D eigenvalue weighted by Crippen LogP contribution is 2.26. The molecule has 1 unspecified atom stereocenters. The Morgan fingerprint density at radius 1 is 1.14 bits per heavy atom. The van der Waals surface area contributed by atoms with Crippen LogP contribution in [0.4, 0.5) is 5.69 Å². The lowest BCUT2D eigenvalue weighted by molar-refractivity contribution is -0.121. The highest BCUT2D eigenvalue weighted by Gasteiger charge is 2.28. The molecule has 6 nitrogen and oxygen atoms in total. The minimum Gasteiger partial charge on any atom is -0.325 e. The fourth-order valence-corrected chi connectivity index (χ4v) is 4.18. The summed E-state index contributed by atoms with van der Waals surface area (Å²) in [4.78, 5) is 30.1. The van der Waals surface area contributed by atoms with Gasteiger partial charge in [-0.15, -0.1) is 0 Å². The molecule has 0 aliphatic carbocycles. The summed E-state index contributed by atoms with van der Waals surface area (Å²) in [6.07, 6.45) is 1.69. The van der Waals surface area contributed by atoms with Gasteiger partial charge in [0.2, 0.25) is 5.91 Å². The number of hydrogen-bond donors (Lipinski definition) is 2. The van der Waals surface area contributed by atoms with Gasteiger partial charge < -0.3 is 10.3 Å². The van der Waals surface area contributed by atoms with Gasteiger partial charge in [0.05, 0.1) is 17.1 Å². The number of amides is 1. The van der Waals surface area contributed by atoms with E-state index in [1.165, 1.54) is 0 Å². The van der Waals surface area contributed by atoms with E-state index in [4.69, 9.17) is 0 Å². The zero-order valence-electron chi connectivity index (χ0n) is 15.7. The predicted octanol–water partition coefficient (Wildman–Crippen LogP) is 3.76. The van der Waals surface area contributed by atoms with Crippen LogP contribution in [0.1, 0.15) is 25.8 Å². The summed E-state index contributed by atoms with van der Waals surface area (Å²) in [6, 6.07) is 15.3. The minimum atomic E-state index is -0.218. The molecule has 4 rings (SSSR count). The van der Waals surface area contributed by atoms with Gasteiger partial charge in [0.1, 0.15) is 0 Å². The van der Waals surface area contributed by atoms with Crippen LogP contribution in [0.25, 0.3) is 11.0 Å². The van der Waals surface area contributed by atoms with Crippen molar-refractivity contribution in [1.82, 2.24) is 14.5 Å². The van der Waals surface area contributed by atoms with E-state index in [0.29, 0.717) is 0 Å². The number of carbonyl (C=O) groups is 1. The van der Waals surface area contributed by atoms with Crippen LogP contribution in [-0.2, 0) is 4.79 Å². The van der Waals surface area contributed by atoms with Crippen molar-refractivity contribution < 1.29 is 4.79 Å². The van der Waals surface area contributed by atoms with E-state index in [-0.39, 0.29) is 23.7 Å². The largest absolute Gasteiger partial charge is 0.326 e. The van der Waals surface area contributed by atoms with Crippen molar-refractivity contribution in [2.45, 2.75) is 31.8 Å². The summed E-state index contributed by atoms with van der Waals surface area (Å²) in [6.45, 7) is 3.50. The summed E-state index contributed by atoms with van der Waals surface area (Å²) < 4.78 is 2.85. The van der Waals surface area contributed by atoms with Gasteiger partial charge >= 0.3 is 5.69 Å². The first-order chi connectivity index (χ1) is 13.5. The molecule has 0 radical (unpaired) electrons. The molecule has 0 bridgehead atoms. The first kappa shape index (κ1) is 19.0. The first-order valence-electron chi connectivity index (χ1n) is 9.52. The maximum Gasteiger partial charge on any atom is 0.326 e. The molecule has 146 valence electrons. The zero-order valence-corrected chi connectivity index (χ0v) is 17.3. The summed E-state index contributed by atoms with van der Waals surface area (Å²) >= 11 is 3.40. The number of rotatable bonds is 4. The van der Waals surface area contributed by atoms with Crippen LogP contribution in [0.5, 0.6) is 0 Å². The molecule has 2 N–H and O–H groups in total. The SMILES string of the molecule is CC(C(=O)Nc1ccc(Br)cc1)N1CCC(n2c(=O)[nH]c3ccccc32)CC1. The molecule has 1 aliphatic heterocycles. The van der Waals surface area contributed by atoms with E-state index < -0.39 is 0 Å². The molecule has 1 aliphatic rings. The van der Waals surface area contributed by atoms with E-state index >= 15 is 0 Å². The Bertz CT molecular complexity index is 1030. The van der Waals surface area contributed by atoms with Crippen LogP contribution in [-0.4, -0.2) is 39.5 Å². The van der Waals surface area contributed by atoms with E-state index in [1.807, 2.05) is 60.0 Å². The number of benzene rings is 2. The van der Waals surface area contributed by atoms with Crippen LogP contribution in [0, 0.1) is 0 Å². The number of nitrogens with zero attached hydrogens (tertiary/aromatic N) is 2. The van der Waals surface area contributed by atoms with Gasteiger partial charge in [-0.2, -0.15) is 0 Å². The monoisotopic (exact) mass is 442 g/mol. The topological polar surface area (TPSA) is 70.1 Å². The normalized spacial score (nSPS) is 16.9. The smallest absolute Gasteiger partial charge is 0.325 e. The Kier molecular flexibility index (Phi) is 5.37. The molecule has 2 heterocycles. The molecule has 7 heteroatoms. The van der Waals surface area contributed by atoms with Crippen LogP contribution >= 0.6 is 15.9 Å². The number of imidazole rings is 1. The van der Waals surface area contributed by atoms with Gasteiger partial charge in [0, 0.05) is 29.3 Å². The number of para-hydroxylation sites is 2. The average Bonchev–Trinajstić information content (AvgIpc) is 3.05. The summed E-state index contributed by atoms with van der Waals surface area (Å²) in [5, 5.41) is 2.98. The third-order valence-corrected chi connectivity index (χ3v) is 6.06. The number of halogens is 1. The second-order valence-electron chi connectivity index (χ2n) is 7.26. The quantitative estimate of drug-likeness (QED) is 0.645. The summed E-state index contributed by atoms with van der Waals surface area (Å²) in [7, 11) is 0. The molecular weight excluding hydrogens is 420 g/mol. The second kappa shape index (κ2) is 7.93. The van der Waals surface area contributed by atoms with Crippen LogP contribution in [0.3, 0.4) is 0 Å². The van der Waals surface area contributed by atoms with Gasteiger partial charge in [-0.3, -0.25) is 14.3 Å². The lowest BCUT2D eigenvalue weighted by Gasteiger charge is -2.35. The van der Waals surface area contributed by atoms with Gasteiger partial charge in [-0.05, 0) is 56.2 Å². The number of aromatic amines is 1. The number of anilines is 1. The Morgan fingerprint density at radius 3 is 2.54 bits per heavy atom. The van der Waals surface area contributed by atoms with Crippen LogP contribution in [0.15, 0.2) is 57.8 Å². The van der Waals surface area contributed by atoms with Gasteiger partial charge in [0.25, 0.3) is 0 Å². The lowest BCUT2D eigenvalue weighted by Crippen LogP contribution is -2.46. The molecule has 1 atom stereocenters. The highest BCUT2D eigenvalue weighted by atomic mass is 79.9. The molecule has 1 aromatic heterocycles. The molecule has 1 amide bonds. The number of piperidine rings is 1. The van der Waals surface area contributed by atoms with Gasteiger partial charge in [0.15, 0.2) is 0 Å². The zero-order chi connectivity index (χ0) is 19.7.